The lowest BCUT2D eigenvalue weighted by Gasteiger charge is -2.53. The first-order valence-electron chi connectivity index (χ1n) is 10.2. The lowest BCUT2D eigenvalue weighted by molar-refractivity contribution is -0.358. The minimum absolute atomic E-state index is 0.00333. The Kier molecular flexibility index (Phi) is 4.48. The number of ketones is 1. The van der Waals surface area contributed by atoms with Gasteiger partial charge < -0.3 is 5.11 Å². The molecule has 29 heavy (non-hydrogen) atoms. The Bertz CT molecular complexity index is 837. The molecule has 0 aromatic carbocycles. The van der Waals surface area contributed by atoms with Crippen LogP contribution in [0.2, 0.25) is 0 Å². The number of alkyl halides is 5. The van der Waals surface area contributed by atoms with Crippen molar-refractivity contribution < 1.29 is 31.9 Å². The van der Waals surface area contributed by atoms with Crippen molar-refractivity contribution in [1.29, 1.82) is 0 Å². The summed E-state index contributed by atoms with van der Waals surface area (Å²) in [4.78, 5) is 11.8. The van der Waals surface area contributed by atoms with Gasteiger partial charge in [-0.2, -0.15) is 22.0 Å². The van der Waals surface area contributed by atoms with E-state index in [1.807, 2.05) is 6.92 Å². The van der Waals surface area contributed by atoms with Crippen molar-refractivity contribution in [3.63, 3.8) is 0 Å². The summed E-state index contributed by atoms with van der Waals surface area (Å²) in [5, 5.41) is 11.0. The predicted octanol–water partition coefficient (Wildman–Crippen LogP) is 5.53. The van der Waals surface area contributed by atoms with Gasteiger partial charge in [-0.1, -0.05) is 26.0 Å². The first-order valence-corrected chi connectivity index (χ1v) is 10.2. The van der Waals surface area contributed by atoms with E-state index in [-0.39, 0.29) is 30.5 Å². The summed E-state index contributed by atoms with van der Waals surface area (Å²) in [6, 6.07) is 0. The molecule has 1 N–H and O–H groups in total. The number of aliphatic hydroxyl groups is 1. The number of allylic oxidation sites excluding steroid dienone is 5. The quantitative estimate of drug-likeness (QED) is 0.601. The summed E-state index contributed by atoms with van der Waals surface area (Å²) in [5.74, 6) is -5.82. The van der Waals surface area contributed by atoms with Crippen LogP contribution in [0.3, 0.4) is 0 Å². The Morgan fingerprint density at radius 3 is 2.52 bits per heavy atom. The van der Waals surface area contributed by atoms with E-state index in [9.17, 15) is 31.9 Å². The Balaban J connectivity index is 1.88. The van der Waals surface area contributed by atoms with E-state index in [1.54, 1.807) is 19.1 Å². The molecule has 0 saturated heterocycles. The zero-order valence-corrected chi connectivity index (χ0v) is 16.5. The van der Waals surface area contributed by atoms with Crippen molar-refractivity contribution in [2.45, 2.75) is 70.1 Å². The fourth-order valence-corrected chi connectivity index (χ4v) is 6.60. The molecule has 0 heterocycles. The molecule has 2 unspecified atom stereocenters. The smallest absolute Gasteiger partial charge is 0.382 e. The van der Waals surface area contributed by atoms with Gasteiger partial charge in [-0.05, 0) is 72.7 Å². The van der Waals surface area contributed by atoms with Gasteiger partial charge in [0, 0.05) is 11.8 Å². The van der Waals surface area contributed by atoms with E-state index >= 15 is 0 Å². The topological polar surface area (TPSA) is 37.3 Å². The molecule has 0 radical (unpaired) electrons. The Morgan fingerprint density at radius 1 is 1.21 bits per heavy atom. The lowest BCUT2D eigenvalue weighted by Crippen LogP contribution is -2.64. The van der Waals surface area contributed by atoms with Gasteiger partial charge in [0.25, 0.3) is 0 Å². The third kappa shape index (κ3) is 2.52. The van der Waals surface area contributed by atoms with Gasteiger partial charge in [-0.25, -0.2) is 0 Å². The van der Waals surface area contributed by atoms with E-state index in [0.29, 0.717) is 19.3 Å². The maximum atomic E-state index is 14.6. The number of rotatable bonds is 2. The molecule has 0 aromatic heterocycles. The van der Waals surface area contributed by atoms with E-state index in [1.165, 1.54) is 6.08 Å². The minimum Gasteiger partial charge on any atom is -0.382 e. The number of carbonyl (C=O) groups is 1. The highest BCUT2D eigenvalue weighted by Gasteiger charge is 2.78. The van der Waals surface area contributed by atoms with Crippen LogP contribution in [0.5, 0.6) is 0 Å². The Labute approximate surface area is 166 Å². The summed E-state index contributed by atoms with van der Waals surface area (Å²) in [7, 11) is 0. The minimum atomic E-state index is -5.82. The fourth-order valence-electron chi connectivity index (χ4n) is 6.60. The largest absolute Gasteiger partial charge is 0.456 e. The van der Waals surface area contributed by atoms with Crippen LogP contribution in [0.25, 0.3) is 0 Å². The van der Waals surface area contributed by atoms with Crippen LogP contribution in [0.15, 0.2) is 34.9 Å². The van der Waals surface area contributed by atoms with Crippen LogP contribution in [0.4, 0.5) is 22.0 Å². The highest BCUT2D eigenvalue weighted by Crippen LogP contribution is 2.68. The summed E-state index contributed by atoms with van der Waals surface area (Å²) in [5.41, 5.74) is -1.85. The Morgan fingerprint density at radius 2 is 1.90 bits per heavy atom. The predicted molar refractivity (Wildman–Crippen MR) is 97.2 cm³/mol. The zero-order chi connectivity index (χ0) is 21.4. The van der Waals surface area contributed by atoms with Crippen molar-refractivity contribution in [3.8, 4) is 0 Å². The molecule has 1 fully saturated rings. The van der Waals surface area contributed by atoms with E-state index < -0.39 is 35.5 Å². The first-order chi connectivity index (χ1) is 13.4. The molecule has 7 heteroatoms. The molecule has 4 aliphatic carbocycles. The molecule has 2 nitrogen and oxygen atoms in total. The third-order valence-corrected chi connectivity index (χ3v) is 7.91. The molecular formula is C22H25F5O2. The SMILES string of the molecule is CC[C@]12C=CC3=C4CCC(=O)C=C4CC(C)[C@H]3[C@@H]1CCC2(O)C(F)(F)C(F)(F)F. The molecule has 4 aliphatic rings. The molecule has 0 bridgehead atoms. The molecule has 4 rings (SSSR count). The molecule has 160 valence electrons. The average molecular weight is 416 g/mol. The summed E-state index contributed by atoms with van der Waals surface area (Å²) < 4.78 is 69.0. The van der Waals surface area contributed by atoms with E-state index in [2.05, 4.69) is 0 Å². The van der Waals surface area contributed by atoms with E-state index in [0.717, 1.165) is 16.7 Å². The average Bonchev–Trinajstić information content (AvgIpc) is 2.95. The maximum absolute atomic E-state index is 14.6. The van der Waals surface area contributed by atoms with Crippen LogP contribution >= 0.6 is 0 Å². The number of halogens is 5. The van der Waals surface area contributed by atoms with Crippen LogP contribution in [0.1, 0.15) is 52.4 Å². The molecule has 1 saturated carbocycles. The fraction of sp³-hybridized carbons (Fsp3) is 0.682. The Hall–Kier alpha value is -1.50. The van der Waals surface area contributed by atoms with Crippen LogP contribution in [-0.4, -0.2) is 28.6 Å². The number of carbonyl (C=O) groups excluding carboxylic acids is 1. The standard InChI is InChI=1S/C22H25F5O2/c1-3-19-8-6-16-15-5-4-14(28)11-13(15)10-12(2)18(16)17(19)7-9-20(19,29)21(23,24)22(25,26)27/h6,8,11-12,17-18,29H,3-5,7,9-10H2,1-2H3/t12?,17-,18+,19-,20?/m0/s1. The molecule has 5 atom stereocenters. The van der Waals surface area contributed by atoms with Crippen molar-refractivity contribution in [2.24, 2.45) is 23.2 Å². The van der Waals surface area contributed by atoms with Gasteiger partial charge >= 0.3 is 12.1 Å². The van der Waals surface area contributed by atoms with Gasteiger partial charge in [0.1, 0.15) is 5.60 Å². The van der Waals surface area contributed by atoms with Crippen molar-refractivity contribution >= 4 is 5.78 Å². The number of hydrogen-bond donors (Lipinski definition) is 1. The number of hydrogen-bond acceptors (Lipinski definition) is 2. The van der Waals surface area contributed by atoms with Crippen molar-refractivity contribution in [1.82, 2.24) is 0 Å². The molecule has 0 aliphatic heterocycles. The van der Waals surface area contributed by atoms with Gasteiger partial charge in [-0.15, -0.1) is 0 Å². The van der Waals surface area contributed by atoms with Crippen LogP contribution in [-0.2, 0) is 4.79 Å². The molecule has 0 aromatic rings. The maximum Gasteiger partial charge on any atom is 0.456 e. The van der Waals surface area contributed by atoms with Crippen molar-refractivity contribution in [2.75, 3.05) is 0 Å². The molecule has 0 spiro atoms. The second-order valence-electron chi connectivity index (χ2n) is 9.08. The van der Waals surface area contributed by atoms with E-state index in [4.69, 9.17) is 0 Å². The molecular weight excluding hydrogens is 391 g/mol. The molecule has 0 amide bonds. The van der Waals surface area contributed by atoms with Gasteiger partial charge in [-0.3, -0.25) is 4.79 Å². The lowest BCUT2D eigenvalue weighted by atomic mass is 9.53. The second kappa shape index (κ2) is 6.25. The third-order valence-electron chi connectivity index (χ3n) is 7.91. The zero-order valence-electron chi connectivity index (χ0n) is 16.5. The van der Waals surface area contributed by atoms with Gasteiger partial charge in [0.15, 0.2) is 5.78 Å². The summed E-state index contributed by atoms with van der Waals surface area (Å²) in [6.07, 6.45) is 0.0208. The highest BCUT2D eigenvalue weighted by atomic mass is 19.4. The highest BCUT2D eigenvalue weighted by molar-refractivity contribution is 5.93. The normalized spacial score (nSPS) is 39.8. The van der Waals surface area contributed by atoms with Gasteiger partial charge in [0.05, 0.1) is 0 Å². The monoisotopic (exact) mass is 416 g/mol. The van der Waals surface area contributed by atoms with Crippen LogP contribution in [0, 0.1) is 23.2 Å². The first kappa shape index (κ1) is 20.8. The van der Waals surface area contributed by atoms with Crippen LogP contribution < -0.4 is 0 Å². The number of fused-ring (bicyclic) bond motifs is 4. The summed E-state index contributed by atoms with van der Waals surface area (Å²) in [6.45, 7) is 3.54. The summed E-state index contributed by atoms with van der Waals surface area (Å²) >= 11 is 0. The second-order valence-corrected chi connectivity index (χ2v) is 9.08. The van der Waals surface area contributed by atoms with Gasteiger partial charge in [0.2, 0.25) is 0 Å². The van der Waals surface area contributed by atoms with Crippen molar-refractivity contribution in [3.05, 3.63) is 34.9 Å².